The molecule has 2 aliphatic carbocycles. The first-order chi connectivity index (χ1) is 56.3. The van der Waals surface area contributed by atoms with Gasteiger partial charge in [0.25, 0.3) is 0 Å². The molecular formula is C107H84BN2O4P2+. The first-order valence-electron chi connectivity index (χ1n) is 39.3. The van der Waals surface area contributed by atoms with Crippen LogP contribution in [0.25, 0.3) is 88.1 Å². The molecule has 18 aromatic rings. The average molecular weight is 1530 g/mol. The van der Waals surface area contributed by atoms with Crippen LogP contribution in [0.1, 0.15) is 79.6 Å². The third-order valence-electron chi connectivity index (χ3n) is 24.0. The molecule has 21 rings (SSSR count). The number of nitrogens with zero attached hydrogens (tertiary/aromatic N) is 2. The van der Waals surface area contributed by atoms with Gasteiger partial charge in [-0.3, -0.25) is 0 Å². The predicted molar refractivity (Wildman–Crippen MR) is 486 cm³/mol. The van der Waals surface area contributed by atoms with Crippen molar-refractivity contribution in [3.8, 4) is 44.8 Å². The van der Waals surface area contributed by atoms with Gasteiger partial charge in [-0.2, -0.15) is 0 Å². The van der Waals surface area contributed by atoms with E-state index in [1.807, 2.05) is 133 Å². The van der Waals surface area contributed by atoms with E-state index in [0.29, 0.717) is 0 Å². The lowest BCUT2D eigenvalue weighted by Crippen LogP contribution is -2.41. The molecule has 0 atom stereocenters. The second kappa shape index (κ2) is 30.5. The lowest BCUT2D eigenvalue weighted by Gasteiger charge is -2.34. The van der Waals surface area contributed by atoms with Crippen LogP contribution in [0.3, 0.4) is 0 Å². The molecule has 116 heavy (non-hydrogen) atoms. The zero-order valence-corrected chi connectivity index (χ0v) is 66.0. The number of fused-ring (bicyclic) bond motifs is 12. The molecule has 0 unspecified atom stereocenters. The minimum atomic E-state index is -3.13. The summed E-state index contributed by atoms with van der Waals surface area (Å²) in [7, 11) is -4.96. The van der Waals surface area contributed by atoms with E-state index in [9.17, 15) is 4.57 Å². The van der Waals surface area contributed by atoms with Crippen molar-refractivity contribution in [2.75, 3.05) is 0 Å². The highest BCUT2D eigenvalue weighted by Gasteiger charge is 2.52. The maximum atomic E-state index is 15.2. The predicted octanol–water partition coefficient (Wildman–Crippen LogP) is 23.9. The summed E-state index contributed by atoms with van der Waals surface area (Å²) < 4.78 is 40.0. The Morgan fingerprint density at radius 3 is 0.966 bits per heavy atom. The first kappa shape index (κ1) is 74.6. The Labute approximate surface area is 680 Å². The highest BCUT2D eigenvalue weighted by molar-refractivity contribution is 7.85. The Bertz CT molecular complexity index is 6560. The third kappa shape index (κ3) is 12.6. The van der Waals surface area contributed by atoms with E-state index in [1.165, 1.54) is 77.5 Å². The maximum absolute atomic E-state index is 15.2. The van der Waals surface area contributed by atoms with Gasteiger partial charge in [0.05, 0.1) is 44.5 Å². The maximum Gasteiger partial charge on any atom is 0.494 e. The molecule has 558 valence electrons. The van der Waals surface area contributed by atoms with Crippen LogP contribution in [0.4, 0.5) is 0 Å². The fourth-order valence-electron chi connectivity index (χ4n) is 17.8. The minimum absolute atomic E-state index is 0. The van der Waals surface area contributed by atoms with Gasteiger partial charge in [-0.15, -0.1) is 0 Å². The molecule has 2 aromatic heterocycles. The monoisotopic (exact) mass is 1530 g/mol. The van der Waals surface area contributed by atoms with Crippen molar-refractivity contribution in [2.45, 2.75) is 57.2 Å². The van der Waals surface area contributed by atoms with Gasteiger partial charge < -0.3 is 13.9 Å². The van der Waals surface area contributed by atoms with Gasteiger partial charge in [0.15, 0.2) is 17.8 Å². The van der Waals surface area contributed by atoms with Crippen molar-refractivity contribution < 1.29 is 18.4 Å². The molecule has 0 amide bonds. The Kier molecular flexibility index (Phi) is 19.6. The summed E-state index contributed by atoms with van der Waals surface area (Å²) in [5, 5.41) is 11.1. The van der Waals surface area contributed by atoms with Gasteiger partial charge in [0.1, 0.15) is 0 Å². The van der Waals surface area contributed by atoms with Crippen molar-refractivity contribution in [1.82, 2.24) is 9.97 Å². The molecule has 0 bridgehead atoms. The molecule has 0 spiro atoms. The topological polar surface area (TPSA) is 78.4 Å². The average Bonchev–Trinajstić information content (AvgIpc) is 1.52. The number of aromatic nitrogens is 2. The van der Waals surface area contributed by atoms with Crippen molar-refractivity contribution in [1.29, 1.82) is 0 Å². The van der Waals surface area contributed by atoms with Crippen LogP contribution in [0.15, 0.2) is 413 Å². The van der Waals surface area contributed by atoms with Gasteiger partial charge >= 0.3 is 14.9 Å². The van der Waals surface area contributed by atoms with E-state index in [1.54, 1.807) is 0 Å². The lowest BCUT2D eigenvalue weighted by molar-refractivity contribution is 0.00578. The molecule has 0 radical (unpaired) electrons. The largest absolute Gasteiger partial charge is 0.494 e. The van der Waals surface area contributed by atoms with Crippen LogP contribution in [0.2, 0.25) is 0 Å². The highest BCUT2D eigenvalue weighted by atomic mass is 31.2. The van der Waals surface area contributed by atoms with Gasteiger partial charge in [0, 0.05) is 48.6 Å². The van der Waals surface area contributed by atoms with Crippen LogP contribution < -0.4 is 32.0 Å². The van der Waals surface area contributed by atoms with Crippen LogP contribution in [-0.4, -0.2) is 28.3 Å². The summed E-state index contributed by atoms with van der Waals surface area (Å²) in [6, 6.07) is 144. The van der Waals surface area contributed by atoms with E-state index in [-0.39, 0.29) is 7.43 Å². The minimum Gasteiger partial charge on any atom is -0.399 e. The number of benzene rings is 16. The van der Waals surface area contributed by atoms with Gasteiger partial charge in [0.2, 0.25) is 0 Å². The van der Waals surface area contributed by atoms with Crippen LogP contribution >= 0.6 is 14.9 Å². The van der Waals surface area contributed by atoms with Gasteiger partial charge in [-0.1, -0.05) is 364 Å². The number of para-hydroxylation sites is 2. The Balaban J connectivity index is 0.000000137. The molecule has 1 saturated heterocycles. The molecule has 1 aliphatic heterocycles. The molecule has 3 heterocycles. The number of hydrogen-bond acceptors (Lipinski definition) is 6. The molecule has 9 heteroatoms. The summed E-state index contributed by atoms with van der Waals surface area (Å²) >= 11 is 0. The number of hydrogen-bond donors (Lipinski definition) is 0. The van der Waals surface area contributed by atoms with Crippen molar-refractivity contribution in [3.63, 3.8) is 0 Å². The molecule has 6 nitrogen and oxygen atoms in total. The quantitative estimate of drug-likeness (QED) is 0.0689. The molecule has 3 aliphatic rings. The molecule has 0 N–H and O–H groups in total. The lowest BCUT2D eigenvalue weighted by atomic mass is 9.67. The second-order valence-electron chi connectivity index (χ2n) is 30.9. The van der Waals surface area contributed by atoms with E-state index in [4.69, 9.17) is 19.3 Å². The summed E-state index contributed by atoms with van der Waals surface area (Å²) in [5.74, 6) is 0. The Morgan fingerprint density at radius 2 is 0.595 bits per heavy atom. The normalized spacial score (nSPS) is 14.2. The molecule has 16 aromatic carbocycles. The Hall–Kier alpha value is -12.8. The van der Waals surface area contributed by atoms with E-state index in [0.717, 1.165) is 87.1 Å². The SMILES string of the molecule is C.CC1(C)OB(c2ccc(-c3nc4ccccc4c4cc5c(cc34)C(c3ccccc3)(c3ccccc3)c3ccccc3-5)cc2)OC1(C)C.O=P(c1ccccc1)(c1ccccc1)c1ccc(-c2nc3ccccc3c3cc4c(cc23)C(c2ccccc2)(c2ccccc2)c2ccccc2-4)cc1.O=[P+](c1ccccc1)c1ccccc1. The number of rotatable bonds is 12. The van der Waals surface area contributed by atoms with E-state index < -0.39 is 44.1 Å². The van der Waals surface area contributed by atoms with Crippen LogP contribution in [-0.2, 0) is 29.3 Å². The van der Waals surface area contributed by atoms with Crippen LogP contribution in [0.5, 0.6) is 0 Å². The summed E-state index contributed by atoms with van der Waals surface area (Å²) in [4.78, 5) is 10.7. The third-order valence-corrected chi connectivity index (χ3v) is 28.6. The second-order valence-corrected chi connectivity index (χ2v) is 35.3. The standard InChI is InChI=1S/C50H34NOP.C44H36BNO2.C12H10OP.CH4/c52-53(38-21-9-3-10-22-38,39-23-11-4-12-24-39)40-31-29-35(30-32-40)49-45-34-47-44(33-43(45)42-26-14-16-28-48(42)51-49)41-25-13-15-27-46(41)50(47,36-17-5-1-6-18-36)37-19-7-2-8-20-37;1-42(2)43(3,4)48-45(47-42)32-25-23-29(24-26-32)41-37-28-39-36(27-35(37)34-20-12-14-22-40(34)46-41)33-19-11-13-21-38(33)44(39,30-15-7-5-8-16-30)31-17-9-6-10-18-31;13-14(11-7-3-1-4-8-11)12-9-5-2-6-10-12;/h1-34H;5-28H,1-4H3;1-10H;1H4/q;;+1;. The van der Waals surface area contributed by atoms with Gasteiger partial charge in [-0.05, 0) is 171 Å². The fourth-order valence-corrected chi connectivity index (χ4v) is 21.6. The molecule has 1 fully saturated rings. The van der Waals surface area contributed by atoms with Gasteiger partial charge in [-0.25, -0.2) is 9.97 Å². The zero-order valence-electron chi connectivity index (χ0n) is 64.3. The summed E-state index contributed by atoms with van der Waals surface area (Å²) in [6.07, 6.45) is 0. The fraction of sp³-hybridized carbons (Fsp3) is 0.0841. The van der Waals surface area contributed by atoms with Crippen molar-refractivity contribution >= 4 is 97.4 Å². The highest BCUT2D eigenvalue weighted by Crippen LogP contribution is 2.60. The number of pyridine rings is 2. The first-order valence-corrected chi connectivity index (χ1v) is 42.3. The molecular weight excluding hydrogens is 1450 g/mol. The summed E-state index contributed by atoms with van der Waals surface area (Å²) in [5.41, 5.74) is 20.2. The summed E-state index contributed by atoms with van der Waals surface area (Å²) in [6.45, 7) is 8.37. The zero-order chi connectivity index (χ0) is 77.9. The Morgan fingerprint density at radius 1 is 0.293 bits per heavy atom. The van der Waals surface area contributed by atoms with Crippen LogP contribution in [0, 0.1) is 0 Å². The van der Waals surface area contributed by atoms with E-state index >= 15 is 4.57 Å². The molecule has 0 saturated carbocycles. The van der Waals surface area contributed by atoms with Crippen molar-refractivity contribution in [3.05, 3.63) is 457 Å². The van der Waals surface area contributed by atoms with Crippen molar-refractivity contribution in [2.24, 2.45) is 0 Å². The van der Waals surface area contributed by atoms with E-state index in [2.05, 4.69) is 307 Å². The smallest absolute Gasteiger partial charge is 0.399 e.